The van der Waals surface area contributed by atoms with E-state index in [1.54, 1.807) is 24.5 Å². The number of aryl methyl sites for hydroxylation is 1. The average molecular weight is 566 g/mol. The molecule has 3 aromatic rings. The van der Waals surface area contributed by atoms with Gasteiger partial charge in [-0.2, -0.15) is 8.42 Å². The molecule has 0 bridgehead atoms. The van der Waals surface area contributed by atoms with E-state index in [9.17, 15) is 37.3 Å². The molecule has 3 heterocycles. The zero-order valence-corrected chi connectivity index (χ0v) is 21.3. The molecule has 4 rings (SSSR count). The van der Waals surface area contributed by atoms with Gasteiger partial charge in [0.25, 0.3) is 11.8 Å². The summed E-state index contributed by atoms with van der Waals surface area (Å²) in [5.41, 5.74) is -0.813. The Hall–Kier alpha value is -3.81. The van der Waals surface area contributed by atoms with E-state index in [4.69, 9.17) is 20.9 Å². The number of carbonyl (C=O) groups excluding carboxylic acids is 3. The monoisotopic (exact) mass is 565 g/mol. The number of phenols is 1. The van der Waals surface area contributed by atoms with Crippen LogP contribution in [0.25, 0.3) is 22.1 Å². The van der Waals surface area contributed by atoms with Crippen LogP contribution in [0.1, 0.15) is 38.5 Å². The molecular weight excluding hydrogens is 544 g/mol. The van der Waals surface area contributed by atoms with Gasteiger partial charge in [0.2, 0.25) is 0 Å². The number of phenolic OH excluding ortho intramolecular Hbond substituents is 1. The zero-order valence-electron chi connectivity index (χ0n) is 19.8. The third-order valence-electron chi connectivity index (χ3n) is 5.86. The van der Waals surface area contributed by atoms with E-state index < -0.39 is 49.8 Å². The number of carbonyl (C=O) groups is 3. The highest BCUT2D eigenvalue weighted by molar-refractivity contribution is 7.86. The van der Waals surface area contributed by atoms with Gasteiger partial charge in [0.1, 0.15) is 6.54 Å². The number of halogens is 1. The first kappa shape index (κ1) is 27.2. The Kier molecular flexibility index (Phi) is 7.81. The topological polar surface area (TPSA) is 172 Å². The van der Waals surface area contributed by atoms with Crippen LogP contribution in [0.15, 0.2) is 50.8 Å². The quantitative estimate of drug-likeness (QED) is 0.129. The molecule has 2 N–H and O–H groups in total. The molecule has 1 fully saturated rings. The van der Waals surface area contributed by atoms with Crippen molar-refractivity contribution in [3.05, 3.63) is 52.1 Å². The Balaban J connectivity index is 1.37. The highest BCUT2D eigenvalue weighted by Gasteiger charge is 2.32. The number of amides is 2. The van der Waals surface area contributed by atoms with Crippen molar-refractivity contribution in [2.24, 2.45) is 0 Å². The van der Waals surface area contributed by atoms with Gasteiger partial charge in [0.15, 0.2) is 28.6 Å². The number of imide groups is 1. The maximum Gasteiger partial charge on any atom is 0.344 e. The first-order valence-electron chi connectivity index (χ1n) is 11.5. The number of pyridine rings is 1. The van der Waals surface area contributed by atoms with E-state index in [0.717, 1.165) is 6.42 Å². The van der Waals surface area contributed by atoms with Crippen LogP contribution in [0.2, 0.25) is 5.02 Å². The van der Waals surface area contributed by atoms with Gasteiger partial charge in [-0.1, -0.05) is 11.6 Å². The van der Waals surface area contributed by atoms with E-state index in [-0.39, 0.29) is 35.2 Å². The summed E-state index contributed by atoms with van der Waals surface area (Å²) in [4.78, 5) is 51.2. The van der Waals surface area contributed by atoms with Gasteiger partial charge in [-0.3, -0.25) is 14.1 Å². The predicted molar refractivity (Wildman–Crippen MR) is 130 cm³/mol. The third-order valence-corrected chi connectivity index (χ3v) is 7.05. The van der Waals surface area contributed by atoms with Crippen molar-refractivity contribution in [1.29, 1.82) is 0 Å². The number of aromatic nitrogens is 1. The molecule has 1 saturated heterocycles. The van der Waals surface area contributed by atoms with E-state index in [1.807, 2.05) is 4.57 Å². The second-order valence-corrected chi connectivity index (χ2v) is 10.3. The maximum absolute atomic E-state index is 12.6. The number of hydrogen-bond acceptors (Lipinski definition) is 9. The molecule has 200 valence electrons. The molecule has 2 aromatic heterocycles. The molecule has 1 aliphatic rings. The highest BCUT2D eigenvalue weighted by atomic mass is 35.5. The summed E-state index contributed by atoms with van der Waals surface area (Å²) >= 11 is 5.89. The van der Waals surface area contributed by atoms with Gasteiger partial charge in [0.05, 0.1) is 10.6 Å². The molecule has 0 saturated carbocycles. The number of aromatic hydroxyl groups is 1. The molecule has 0 spiro atoms. The summed E-state index contributed by atoms with van der Waals surface area (Å²) in [5.74, 6) is -2.60. The fourth-order valence-electron chi connectivity index (χ4n) is 3.96. The molecule has 14 heteroatoms. The highest BCUT2D eigenvalue weighted by Crippen LogP contribution is 2.38. The largest absolute Gasteiger partial charge is 0.505 e. The first-order chi connectivity index (χ1) is 18.0. The second kappa shape index (κ2) is 10.9. The van der Waals surface area contributed by atoms with Crippen LogP contribution in [0.3, 0.4) is 0 Å². The number of unbranched alkanes of at least 4 members (excludes halogenated alkanes) is 2. The molecule has 38 heavy (non-hydrogen) atoms. The maximum atomic E-state index is 12.6. The minimum absolute atomic E-state index is 0.0434. The summed E-state index contributed by atoms with van der Waals surface area (Å²) in [6.07, 6.45) is 5.52. The lowest BCUT2D eigenvalue weighted by Gasteiger charge is -2.12. The molecule has 0 aliphatic carbocycles. The molecule has 0 radical (unpaired) electrons. The fraction of sp³-hybridized carbons (Fsp3) is 0.292. The lowest BCUT2D eigenvalue weighted by atomic mass is 10.1. The van der Waals surface area contributed by atoms with Crippen LogP contribution in [0, 0.1) is 0 Å². The smallest absolute Gasteiger partial charge is 0.344 e. The summed E-state index contributed by atoms with van der Waals surface area (Å²) in [5, 5.41) is 10.2. The second-order valence-electron chi connectivity index (χ2n) is 8.56. The van der Waals surface area contributed by atoms with Crippen molar-refractivity contribution in [2.75, 3.05) is 0 Å². The van der Waals surface area contributed by atoms with Crippen LogP contribution in [0.5, 0.6) is 5.75 Å². The number of benzene rings is 1. The summed E-state index contributed by atoms with van der Waals surface area (Å²) in [6, 6.07) is 5.88. The molecule has 1 aromatic carbocycles. The van der Waals surface area contributed by atoms with Gasteiger partial charge < -0.3 is 14.4 Å². The van der Waals surface area contributed by atoms with Gasteiger partial charge >= 0.3 is 21.7 Å². The fourth-order valence-corrected chi connectivity index (χ4v) is 4.98. The van der Waals surface area contributed by atoms with Crippen LogP contribution in [0.4, 0.5) is 0 Å². The minimum atomic E-state index is -4.94. The van der Waals surface area contributed by atoms with Crippen molar-refractivity contribution >= 4 is 50.5 Å². The number of hydrogen-bond donors (Lipinski definition) is 2. The average Bonchev–Trinajstić information content (AvgIpc) is 3.16. The molecular formula is C24H22ClN2O10S+. The minimum Gasteiger partial charge on any atom is -0.505 e. The van der Waals surface area contributed by atoms with E-state index in [1.165, 1.54) is 12.1 Å². The molecule has 0 atom stereocenters. The normalized spacial score (nSPS) is 13.9. The lowest BCUT2D eigenvalue weighted by Crippen LogP contribution is -2.32. The Morgan fingerprint density at radius 1 is 1.08 bits per heavy atom. The molecule has 12 nitrogen and oxygen atoms in total. The van der Waals surface area contributed by atoms with Crippen molar-refractivity contribution in [3.63, 3.8) is 0 Å². The van der Waals surface area contributed by atoms with Crippen molar-refractivity contribution in [2.45, 2.75) is 50.0 Å². The van der Waals surface area contributed by atoms with Crippen molar-refractivity contribution < 1.29 is 46.3 Å². The predicted octanol–water partition coefficient (Wildman–Crippen LogP) is 2.52. The van der Waals surface area contributed by atoms with Gasteiger partial charge in [-0.25, -0.2) is 14.2 Å². The summed E-state index contributed by atoms with van der Waals surface area (Å²) in [6.45, 7) is 0.608. The number of fused-ring (bicyclic) bond motifs is 1. The van der Waals surface area contributed by atoms with E-state index >= 15 is 0 Å². The molecule has 0 unspecified atom stereocenters. The Morgan fingerprint density at radius 2 is 1.74 bits per heavy atom. The third kappa shape index (κ3) is 5.85. The number of nitrogens with zero attached hydrogens (tertiary/aromatic N) is 2. The van der Waals surface area contributed by atoms with E-state index in [2.05, 4.69) is 0 Å². The SMILES string of the molecule is O=C(CCCCC[n+]1ccc(-c2cc3cc(Cl)c(O)c(S(=O)(=O)O)c3oc2=O)cc1)ON1C(=O)CCC1=O. The lowest BCUT2D eigenvalue weighted by molar-refractivity contribution is -0.697. The summed E-state index contributed by atoms with van der Waals surface area (Å²) in [7, 11) is -4.94. The van der Waals surface area contributed by atoms with Crippen LogP contribution in [-0.2, 0) is 35.9 Å². The van der Waals surface area contributed by atoms with Gasteiger partial charge in [-0.05, 0) is 25.0 Å². The van der Waals surface area contributed by atoms with E-state index in [0.29, 0.717) is 30.0 Å². The van der Waals surface area contributed by atoms with Crippen LogP contribution >= 0.6 is 11.6 Å². The van der Waals surface area contributed by atoms with Gasteiger partial charge in [-0.15, -0.1) is 5.06 Å². The number of rotatable bonds is 9. The number of hydroxylamine groups is 2. The Morgan fingerprint density at radius 3 is 2.37 bits per heavy atom. The first-order valence-corrected chi connectivity index (χ1v) is 13.3. The zero-order chi connectivity index (χ0) is 27.6. The molecule has 2 amide bonds. The standard InChI is InChI=1S/C24H21ClN2O10S/c25-17-13-15-12-16(24(32)36-22(15)23(21(17)31)38(33,34)35)14-7-10-26(11-8-14)9-3-1-2-4-20(30)37-27-18(28)5-6-19(27)29/h7-8,10-13H,1-6,9H2,(H,33,34,35)/p+1. The Labute approximate surface area is 220 Å². The van der Waals surface area contributed by atoms with Gasteiger partial charge in [0, 0.05) is 48.8 Å². The van der Waals surface area contributed by atoms with Crippen LogP contribution < -0.4 is 10.2 Å². The summed E-state index contributed by atoms with van der Waals surface area (Å²) < 4.78 is 39.8. The Bertz CT molecular complexity index is 1580. The van der Waals surface area contributed by atoms with Crippen LogP contribution in [-0.4, -0.2) is 40.9 Å². The van der Waals surface area contributed by atoms with Crippen molar-refractivity contribution in [3.8, 4) is 16.9 Å². The van der Waals surface area contributed by atoms with Crippen molar-refractivity contribution in [1.82, 2.24) is 5.06 Å². The molecule has 1 aliphatic heterocycles.